The second-order valence-electron chi connectivity index (χ2n) is 15.9. The molecule has 2 aromatic rings. The van der Waals surface area contributed by atoms with Gasteiger partial charge in [0.1, 0.15) is 42.9 Å². The van der Waals surface area contributed by atoms with E-state index in [1.54, 1.807) is 79.7 Å². The van der Waals surface area contributed by atoms with Gasteiger partial charge in [-0.1, -0.05) is 55.5 Å². The van der Waals surface area contributed by atoms with Crippen LogP contribution in [0.5, 0.6) is 0 Å². The number of ether oxygens (including phenoxy) is 2. The number of urea groups is 1. The van der Waals surface area contributed by atoms with E-state index in [2.05, 4.69) is 21.3 Å². The molecule has 4 N–H and O–H groups in total. The van der Waals surface area contributed by atoms with Crippen LogP contribution in [0.1, 0.15) is 45.1 Å². The van der Waals surface area contributed by atoms with Crippen molar-refractivity contribution < 1.29 is 47.8 Å². The minimum absolute atomic E-state index is 0.00414. The first-order valence-electron chi connectivity index (χ1n) is 20.2. The topological polar surface area (TPSA) is 216 Å². The largest absolute Gasteiger partial charge is 0.465 e. The third-order valence-corrected chi connectivity index (χ3v) is 10.8. The van der Waals surface area contributed by atoms with Crippen LogP contribution in [-0.4, -0.2) is 157 Å². The summed E-state index contributed by atoms with van der Waals surface area (Å²) in [5.74, 6) is -4.78. The number of carbonyl (C=O) groups is 8. The molecule has 0 bridgehead atoms. The number of carbonyl (C=O) groups excluding carboxylic acids is 8. The van der Waals surface area contributed by atoms with Crippen molar-refractivity contribution >= 4 is 53.2 Å². The predicted molar refractivity (Wildman–Crippen MR) is 218 cm³/mol. The maximum Gasteiger partial charge on any atom is 0.328 e. The molecule has 0 aromatic heterocycles. The zero-order valence-corrected chi connectivity index (χ0v) is 34.8. The van der Waals surface area contributed by atoms with Crippen LogP contribution < -0.4 is 21.3 Å². The van der Waals surface area contributed by atoms with Gasteiger partial charge in [0.05, 0.1) is 13.2 Å². The number of benzene rings is 2. The van der Waals surface area contributed by atoms with Gasteiger partial charge in [-0.15, -0.1) is 0 Å². The number of fused-ring (bicyclic) bond motifs is 2. The molecule has 3 fully saturated rings. The molecule has 7 atom stereocenters. The summed E-state index contributed by atoms with van der Waals surface area (Å²) in [4.78, 5) is 116. The van der Waals surface area contributed by atoms with Crippen molar-refractivity contribution in [3.63, 3.8) is 0 Å². The Kier molecular flexibility index (Phi) is 15.6. The number of nitrogens with one attached hydrogen (secondary N) is 4. The quantitative estimate of drug-likeness (QED) is 0.229. The predicted octanol–water partition coefficient (Wildman–Crippen LogP) is 0.516. The Bertz CT molecular complexity index is 1880. The molecule has 18 heteroatoms. The molecule has 3 aliphatic heterocycles. The molecule has 60 heavy (non-hydrogen) atoms. The lowest BCUT2D eigenvalue weighted by atomic mass is 10.0. The standard InChI is InChI=1S/C42H56N8O10/c1-26-21-34-41(57)60-25-31(45-36(52)30(22-28-13-8-6-9-14-28)46-42(58)44-29-15-10-7-11-16-29)39(55)49-19-12-17-33(49)40(56)48(5)32(18-20-59-35(51)24-47(3)4)37(53)43-27(2)38(54)50(34)23-26/h6-11,13-16,26-27,30-34H,12,17-25H2,1-5H3,(H,43,53)(H,45,52)(H2,44,46,58)/t26-,27-,30-,31-,32-,33-,34-/m0/s1. The summed E-state index contributed by atoms with van der Waals surface area (Å²) in [6.45, 7) is 2.79. The van der Waals surface area contributed by atoms with Gasteiger partial charge in [0, 0.05) is 38.7 Å². The van der Waals surface area contributed by atoms with Crippen LogP contribution >= 0.6 is 0 Å². The number of para-hydroxylation sites is 1. The first kappa shape index (κ1) is 45.1. The fraction of sp³-hybridized carbons (Fsp3) is 0.524. The van der Waals surface area contributed by atoms with Crippen molar-refractivity contribution in [3.05, 3.63) is 66.2 Å². The van der Waals surface area contributed by atoms with E-state index >= 15 is 0 Å². The summed E-state index contributed by atoms with van der Waals surface area (Å²) in [6, 6.07) is 9.71. The summed E-state index contributed by atoms with van der Waals surface area (Å²) in [5, 5.41) is 10.8. The molecule has 0 radical (unpaired) electrons. The lowest BCUT2D eigenvalue weighted by molar-refractivity contribution is -0.158. The highest BCUT2D eigenvalue weighted by Gasteiger charge is 2.45. The van der Waals surface area contributed by atoms with Crippen LogP contribution in [0.15, 0.2) is 60.7 Å². The Labute approximate surface area is 349 Å². The number of anilines is 1. The average Bonchev–Trinajstić information content (AvgIpc) is 3.87. The molecule has 3 saturated heterocycles. The van der Waals surface area contributed by atoms with Crippen molar-refractivity contribution in [3.8, 4) is 0 Å². The molecule has 0 aliphatic carbocycles. The average molecular weight is 833 g/mol. The van der Waals surface area contributed by atoms with E-state index in [-0.39, 0.29) is 57.8 Å². The fourth-order valence-electron chi connectivity index (χ4n) is 7.71. The minimum atomic E-state index is -1.51. The molecular formula is C42H56N8O10. The third-order valence-electron chi connectivity index (χ3n) is 10.8. The van der Waals surface area contributed by atoms with Crippen molar-refractivity contribution in [1.29, 1.82) is 0 Å². The van der Waals surface area contributed by atoms with Crippen LogP contribution in [-0.2, 0) is 49.5 Å². The minimum Gasteiger partial charge on any atom is -0.465 e. The molecule has 5 rings (SSSR count). The van der Waals surface area contributed by atoms with Gasteiger partial charge in [0.15, 0.2) is 0 Å². The van der Waals surface area contributed by atoms with E-state index in [1.807, 2.05) is 6.92 Å². The highest BCUT2D eigenvalue weighted by atomic mass is 16.5. The third kappa shape index (κ3) is 11.8. The second-order valence-corrected chi connectivity index (χ2v) is 15.9. The maximum atomic E-state index is 14.6. The Balaban J connectivity index is 1.45. The number of likely N-dealkylation sites (N-methyl/N-ethyl adjacent to an activating group) is 2. The SMILES string of the molecule is C[C@H]1C[C@H]2C(=O)OC[C@H](NC(=O)[C@H](Cc3ccccc3)NC(=O)Nc3ccccc3)C(=O)N3CCC[C@H]3C(=O)N(C)[C@@H](CCOC(=O)CN(C)C)C(=O)N[C@@H](C)C(=O)N2C1. The molecule has 18 nitrogen and oxygen atoms in total. The van der Waals surface area contributed by atoms with Crippen molar-refractivity contribution in [2.75, 3.05) is 59.3 Å². The van der Waals surface area contributed by atoms with E-state index in [4.69, 9.17) is 9.47 Å². The summed E-state index contributed by atoms with van der Waals surface area (Å²) >= 11 is 0. The first-order chi connectivity index (χ1) is 28.6. The van der Waals surface area contributed by atoms with E-state index in [0.29, 0.717) is 17.7 Å². The molecule has 7 amide bonds. The zero-order chi connectivity index (χ0) is 43.5. The van der Waals surface area contributed by atoms with Crippen LogP contribution in [0.3, 0.4) is 0 Å². The van der Waals surface area contributed by atoms with Crippen LogP contribution in [0.25, 0.3) is 0 Å². The van der Waals surface area contributed by atoms with Gasteiger partial charge in [-0.25, -0.2) is 9.59 Å². The summed E-state index contributed by atoms with van der Waals surface area (Å²) in [6.07, 6.45) is 0.810. The van der Waals surface area contributed by atoms with Gasteiger partial charge in [-0.3, -0.25) is 33.7 Å². The fourth-order valence-corrected chi connectivity index (χ4v) is 7.71. The summed E-state index contributed by atoms with van der Waals surface area (Å²) in [5.41, 5.74) is 1.19. The van der Waals surface area contributed by atoms with Gasteiger partial charge in [0.2, 0.25) is 29.5 Å². The Hall–Kier alpha value is -6.04. The van der Waals surface area contributed by atoms with Gasteiger partial charge < -0.3 is 45.4 Å². The van der Waals surface area contributed by atoms with Crippen molar-refractivity contribution in [2.45, 2.75) is 82.2 Å². The lowest BCUT2D eigenvalue weighted by Gasteiger charge is -2.35. The number of hydrogen-bond donors (Lipinski definition) is 4. The van der Waals surface area contributed by atoms with E-state index in [1.165, 1.54) is 28.7 Å². The summed E-state index contributed by atoms with van der Waals surface area (Å²) < 4.78 is 11.1. The number of rotatable bonds is 11. The lowest BCUT2D eigenvalue weighted by Crippen LogP contribution is -2.61. The van der Waals surface area contributed by atoms with E-state index in [0.717, 1.165) is 0 Å². The molecular weight excluding hydrogens is 777 g/mol. The van der Waals surface area contributed by atoms with Crippen LogP contribution in [0, 0.1) is 5.92 Å². The Morgan fingerprint density at radius 3 is 2.28 bits per heavy atom. The second kappa shape index (κ2) is 20.8. The number of amides is 7. The van der Waals surface area contributed by atoms with Crippen LogP contribution in [0.2, 0.25) is 0 Å². The summed E-state index contributed by atoms with van der Waals surface area (Å²) in [7, 11) is 4.80. The van der Waals surface area contributed by atoms with E-state index in [9.17, 15) is 38.4 Å². The normalized spacial score (nSPS) is 24.6. The molecule has 0 unspecified atom stereocenters. The van der Waals surface area contributed by atoms with Crippen LogP contribution in [0.4, 0.5) is 10.5 Å². The monoisotopic (exact) mass is 832 g/mol. The number of esters is 2. The number of hydrogen-bond acceptors (Lipinski definition) is 11. The zero-order valence-electron chi connectivity index (χ0n) is 34.8. The molecule has 0 spiro atoms. The maximum absolute atomic E-state index is 14.6. The molecule has 3 heterocycles. The highest BCUT2D eigenvalue weighted by molar-refractivity contribution is 5.98. The smallest absolute Gasteiger partial charge is 0.328 e. The van der Waals surface area contributed by atoms with Gasteiger partial charge in [0.25, 0.3) is 0 Å². The highest BCUT2D eigenvalue weighted by Crippen LogP contribution is 2.26. The Morgan fingerprint density at radius 1 is 0.917 bits per heavy atom. The molecule has 2 aromatic carbocycles. The van der Waals surface area contributed by atoms with E-state index < -0.39 is 90.4 Å². The molecule has 0 saturated carbocycles. The molecule has 324 valence electrons. The van der Waals surface area contributed by atoms with Gasteiger partial charge >= 0.3 is 18.0 Å². The van der Waals surface area contributed by atoms with Gasteiger partial charge in [-0.2, -0.15) is 0 Å². The van der Waals surface area contributed by atoms with Gasteiger partial charge in [-0.05, 0) is 63.9 Å². The molecule has 3 aliphatic rings. The Morgan fingerprint density at radius 2 is 1.60 bits per heavy atom. The first-order valence-corrected chi connectivity index (χ1v) is 20.2. The number of cyclic esters (lactones) is 1. The number of nitrogens with zero attached hydrogens (tertiary/aromatic N) is 4. The van der Waals surface area contributed by atoms with Crippen molar-refractivity contribution in [2.24, 2.45) is 5.92 Å². The van der Waals surface area contributed by atoms with Crippen molar-refractivity contribution in [1.82, 2.24) is 35.6 Å².